The molecular formula is C22H29N5O3. The van der Waals surface area contributed by atoms with Crippen LogP contribution < -0.4 is 10.6 Å². The SMILES string of the molecule is Cc1ccccc1CN1CCCn2nc(C(=O)N[C@@H](C)C(=O)NC(C)C)cc2C1=O. The Kier molecular flexibility index (Phi) is 6.54. The molecule has 0 bridgehead atoms. The molecule has 2 N–H and O–H groups in total. The monoisotopic (exact) mass is 411 g/mol. The van der Waals surface area contributed by atoms with Gasteiger partial charge in [-0.3, -0.25) is 19.1 Å². The van der Waals surface area contributed by atoms with Gasteiger partial charge in [0.1, 0.15) is 11.7 Å². The summed E-state index contributed by atoms with van der Waals surface area (Å²) in [4.78, 5) is 39.5. The van der Waals surface area contributed by atoms with Crippen LogP contribution in [0.1, 0.15) is 59.3 Å². The van der Waals surface area contributed by atoms with Crippen LogP contribution in [-0.2, 0) is 17.9 Å². The molecule has 0 radical (unpaired) electrons. The zero-order valence-electron chi connectivity index (χ0n) is 17.9. The fourth-order valence-corrected chi connectivity index (χ4v) is 3.43. The minimum absolute atomic E-state index is 0.0163. The molecule has 2 aromatic rings. The van der Waals surface area contributed by atoms with Gasteiger partial charge < -0.3 is 15.5 Å². The standard InChI is InChI=1S/C22H29N5O3/c1-14(2)23-20(28)16(4)24-21(29)18-12-19-22(30)26(10-7-11-27(19)25-18)13-17-9-6-5-8-15(17)3/h5-6,8-9,12,14,16H,7,10-11,13H2,1-4H3,(H,23,28)(H,24,29)/t16-/m0/s1. The number of benzene rings is 1. The number of rotatable bonds is 6. The Labute approximate surface area is 176 Å². The Morgan fingerprint density at radius 3 is 2.57 bits per heavy atom. The van der Waals surface area contributed by atoms with E-state index in [1.54, 1.807) is 16.5 Å². The van der Waals surface area contributed by atoms with Gasteiger partial charge in [0.25, 0.3) is 11.8 Å². The Balaban J connectivity index is 1.73. The van der Waals surface area contributed by atoms with Crippen LogP contribution in [0, 0.1) is 6.92 Å². The van der Waals surface area contributed by atoms with E-state index in [0.29, 0.717) is 25.3 Å². The number of aromatic nitrogens is 2. The Morgan fingerprint density at radius 2 is 1.87 bits per heavy atom. The maximum absolute atomic E-state index is 13.1. The third-order valence-electron chi connectivity index (χ3n) is 5.11. The van der Waals surface area contributed by atoms with E-state index in [-0.39, 0.29) is 23.6 Å². The van der Waals surface area contributed by atoms with Gasteiger partial charge in [0.2, 0.25) is 5.91 Å². The zero-order chi connectivity index (χ0) is 21.8. The van der Waals surface area contributed by atoms with E-state index in [4.69, 9.17) is 0 Å². The van der Waals surface area contributed by atoms with Gasteiger partial charge in [-0.25, -0.2) is 0 Å². The summed E-state index contributed by atoms with van der Waals surface area (Å²) >= 11 is 0. The molecule has 0 saturated heterocycles. The molecule has 0 unspecified atom stereocenters. The first-order chi connectivity index (χ1) is 14.3. The fourth-order valence-electron chi connectivity index (χ4n) is 3.43. The van der Waals surface area contributed by atoms with Crippen LogP contribution in [0.5, 0.6) is 0 Å². The van der Waals surface area contributed by atoms with E-state index in [9.17, 15) is 14.4 Å². The summed E-state index contributed by atoms with van der Waals surface area (Å²) in [6.45, 7) is 9.06. The van der Waals surface area contributed by atoms with E-state index in [0.717, 1.165) is 17.5 Å². The first-order valence-electron chi connectivity index (χ1n) is 10.3. The number of hydrogen-bond acceptors (Lipinski definition) is 4. The summed E-state index contributed by atoms with van der Waals surface area (Å²) in [7, 11) is 0. The lowest BCUT2D eigenvalue weighted by Gasteiger charge is -2.21. The van der Waals surface area contributed by atoms with Crippen molar-refractivity contribution in [1.29, 1.82) is 0 Å². The van der Waals surface area contributed by atoms with Crippen LogP contribution in [0.2, 0.25) is 0 Å². The van der Waals surface area contributed by atoms with Gasteiger partial charge in [0.15, 0.2) is 5.69 Å². The predicted molar refractivity (Wildman–Crippen MR) is 113 cm³/mol. The van der Waals surface area contributed by atoms with Crippen molar-refractivity contribution in [3.05, 3.63) is 52.8 Å². The van der Waals surface area contributed by atoms with Crippen molar-refractivity contribution in [1.82, 2.24) is 25.3 Å². The van der Waals surface area contributed by atoms with E-state index in [1.807, 2.05) is 45.0 Å². The van der Waals surface area contributed by atoms with Gasteiger partial charge in [-0.2, -0.15) is 5.10 Å². The van der Waals surface area contributed by atoms with Crippen LogP contribution in [0.4, 0.5) is 0 Å². The maximum atomic E-state index is 13.1. The van der Waals surface area contributed by atoms with E-state index in [1.165, 1.54) is 6.07 Å². The molecule has 3 amide bonds. The molecule has 160 valence electrons. The van der Waals surface area contributed by atoms with Gasteiger partial charge in [-0.05, 0) is 45.2 Å². The Morgan fingerprint density at radius 1 is 1.13 bits per heavy atom. The summed E-state index contributed by atoms with van der Waals surface area (Å²) in [5.74, 6) is -0.882. The lowest BCUT2D eigenvalue weighted by molar-refractivity contribution is -0.123. The Bertz CT molecular complexity index is 950. The first kappa shape index (κ1) is 21.5. The van der Waals surface area contributed by atoms with Crippen LogP contribution >= 0.6 is 0 Å². The molecule has 8 heteroatoms. The van der Waals surface area contributed by atoms with Crippen molar-refractivity contribution in [2.24, 2.45) is 0 Å². The van der Waals surface area contributed by atoms with Gasteiger partial charge >= 0.3 is 0 Å². The van der Waals surface area contributed by atoms with Crippen molar-refractivity contribution in [3.63, 3.8) is 0 Å². The van der Waals surface area contributed by atoms with Gasteiger partial charge in [-0.1, -0.05) is 24.3 Å². The third-order valence-corrected chi connectivity index (χ3v) is 5.11. The molecule has 2 heterocycles. The molecule has 1 aliphatic rings. The van der Waals surface area contributed by atoms with E-state index >= 15 is 0 Å². The smallest absolute Gasteiger partial charge is 0.272 e. The molecule has 0 aliphatic carbocycles. The summed E-state index contributed by atoms with van der Waals surface area (Å²) in [5, 5.41) is 9.72. The van der Waals surface area contributed by atoms with Crippen LogP contribution in [0.25, 0.3) is 0 Å². The molecule has 1 aromatic carbocycles. The normalized spacial score (nSPS) is 14.8. The van der Waals surface area contributed by atoms with Crippen molar-refractivity contribution < 1.29 is 14.4 Å². The predicted octanol–water partition coefficient (Wildman–Crippen LogP) is 1.88. The highest BCUT2D eigenvalue weighted by molar-refractivity contribution is 5.99. The second kappa shape index (κ2) is 9.11. The zero-order valence-corrected chi connectivity index (χ0v) is 17.9. The highest BCUT2D eigenvalue weighted by Gasteiger charge is 2.27. The Hall–Kier alpha value is -3.16. The average Bonchev–Trinajstić information content (AvgIpc) is 3.06. The number of carbonyl (C=O) groups is 3. The third kappa shape index (κ3) is 4.87. The number of nitrogens with zero attached hydrogens (tertiary/aromatic N) is 3. The molecular weight excluding hydrogens is 382 g/mol. The van der Waals surface area contributed by atoms with Crippen LogP contribution in [-0.4, -0.2) is 51.0 Å². The van der Waals surface area contributed by atoms with Crippen LogP contribution in [0.15, 0.2) is 30.3 Å². The lowest BCUT2D eigenvalue weighted by atomic mass is 10.1. The van der Waals surface area contributed by atoms with Crippen molar-refractivity contribution in [2.45, 2.75) is 59.3 Å². The van der Waals surface area contributed by atoms with Gasteiger partial charge in [0.05, 0.1) is 0 Å². The summed E-state index contributed by atoms with van der Waals surface area (Å²) in [5.41, 5.74) is 2.77. The quantitative estimate of drug-likeness (QED) is 0.759. The average molecular weight is 412 g/mol. The molecule has 1 aromatic heterocycles. The largest absolute Gasteiger partial charge is 0.352 e. The van der Waals surface area contributed by atoms with Gasteiger partial charge in [0, 0.05) is 31.7 Å². The second-order valence-corrected chi connectivity index (χ2v) is 8.00. The fraction of sp³-hybridized carbons (Fsp3) is 0.455. The summed E-state index contributed by atoms with van der Waals surface area (Å²) < 4.78 is 1.59. The minimum atomic E-state index is -0.699. The molecule has 8 nitrogen and oxygen atoms in total. The number of amides is 3. The van der Waals surface area contributed by atoms with Crippen molar-refractivity contribution in [3.8, 4) is 0 Å². The van der Waals surface area contributed by atoms with Crippen molar-refractivity contribution in [2.75, 3.05) is 6.54 Å². The molecule has 3 rings (SSSR count). The van der Waals surface area contributed by atoms with E-state index in [2.05, 4.69) is 15.7 Å². The number of aryl methyl sites for hydroxylation is 2. The topological polar surface area (TPSA) is 96.3 Å². The second-order valence-electron chi connectivity index (χ2n) is 8.00. The molecule has 0 spiro atoms. The minimum Gasteiger partial charge on any atom is -0.352 e. The molecule has 0 saturated carbocycles. The maximum Gasteiger partial charge on any atom is 0.272 e. The lowest BCUT2D eigenvalue weighted by Crippen LogP contribution is -2.46. The summed E-state index contributed by atoms with van der Waals surface area (Å²) in [6, 6.07) is 8.79. The van der Waals surface area contributed by atoms with Crippen LogP contribution in [0.3, 0.4) is 0 Å². The van der Waals surface area contributed by atoms with Gasteiger partial charge in [-0.15, -0.1) is 0 Å². The number of fused-ring (bicyclic) bond motifs is 1. The molecule has 30 heavy (non-hydrogen) atoms. The molecule has 1 aliphatic heterocycles. The number of nitrogens with one attached hydrogen (secondary N) is 2. The summed E-state index contributed by atoms with van der Waals surface area (Å²) in [6.07, 6.45) is 0.751. The number of carbonyl (C=O) groups excluding carboxylic acids is 3. The van der Waals surface area contributed by atoms with E-state index < -0.39 is 11.9 Å². The van der Waals surface area contributed by atoms with Crippen molar-refractivity contribution >= 4 is 17.7 Å². The highest BCUT2D eigenvalue weighted by Crippen LogP contribution is 2.18. The highest BCUT2D eigenvalue weighted by atomic mass is 16.2. The number of hydrogen-bond donors (Lipinski definition) is 2. The molecule has 1 atom stereocenters. The first-order valence-corrected chi connectivity index (χ1v) is 10.3. The molecule has 0 fully saturated rings.